The van der Waals surface area contributed by atoms with Gasteiger partial charge in [-0.25, -0.2) is 19.3 Å². The summed E-state index contributed by atoms with van der Waals surface area (Å²) in [5.41, 5.74) is -3.52. The first-order valence-corrected chi connectivity index (χ1v) is 10.1. The van der Waals surface area contributed by atoms with Gasteiger partial charge in [-0.15, -0.1) is 0 Å². The minimum Gasteiger partial charge on any atom is -0.478 e. The van der Waals surface area contributed by atoms with Crippen LogP contribution in [0.5, 0.6) is 0 Å². The van der Waals surface area contributed by atoms with Crippen LogP contribution in [0.25, 0.3) is 0 Å². The Hall–Kier alpha value is -4.43. The van der Waals surface area contributed by atoms with E-state index in [1.165, 1.54) is 6.07 Å². The van der Waals surface area contributed by atoms with Crippen molar-refractivity contribution in [2.75, 3.05) is 0 Å². The van der Waals surface area contributed by atoms with Crippen molar-refractivity contribution in [1.29, 1.82) is 0 Å². The minimum atomic E-state index is -1.60. The summed E-state index contributed by atoms with van der Waals surface area (Å²) < 4.78 is 5.11. The lowest BCUT2D eigenvalue weighted by Crippen LogP contribution is -2.24. The van der Waals surface area contributed by atoms with E-state index in [4.69, 9.17) is 14.5 Å². The van der Waals surface area contributed by atoms with Crippen molar-refractivity contribution in [2.24, 2.45) is 0 Å². The Labute approximate surface area is 196 Å². The molecule has 14 heteroatoms. The summed E-state index contributed by atoms with van der Waals surface area (Å²) in [4.78, 5) is 66.4. The topological polar surface area (TPSA) is 206 Å². The van der Waals surface area contributed by atoms with Gasteiger partial charge >= 0.3 is 17.9 Å². The molecule has 0 radical (unpaired) electrons. The molecule has 35 heavy (non-hydrogen) atoms. The van der Waals surface area contributed by atoms with Crippen LogP contribution in [0.15, 0.2) is 36.4 Å². The van der Waals surface area contributed by atoms with E-state index in [9.17, 15) is 44.8 Å². The third-order valence-corrected chi connectivity index (χ3v) is 4.66. The summed E-state index contributed by atoms with van der Waals surface area (Å²) in [5, 5.41) is 41.2. The number of aromatic carboxylic acids is 2. The van der Waals surface area contributed by atoms with E-state index >= 15 is 0 Å². The van der Waals surface area contributed by atoms with Gasteiger partial charge < -0.3 is 14.9 Å². The summed E-state index contributed by atoms with van der Waals surface area (Å²) in [6.07, 6.45) is -0.430. The highest BCUT2D eigenvalue weighted by Gasteiger charge is 2.31. The molecule has 0 heterocycles. The van der Waals surface area contributed by atoms with Crippen LogP contribution in [-0.4, -0.2) is 44.3 Å². The Bertz CT molecular complexity index is 1080. The smallest absolute Gasteiger partial charge is 0.348 e. The number of carboxylic acids is 2. The normalized spacial score (nSPS) is 11.5. The fourth-order valence-electron chi connectivity index (χ4n) is 3.03. The number of ether oxygens (including phenoxy) is 1. The number of hydrogen-bond acceptors (Lipinski definition) is 10. The van der Waals surface area contributed by atoms with Crippen molar-refractivity contribution in [1.82, 2.24) is 0 Å². The van der Waals surface area contributed by atoms with Gasteiger partial charge in [0.2, 0.25) is 6.29 Å². The molecular formula is C21H20N2O12. The average molecular weight is 492 g/mol. The Balaban J connectivity index is 2.26. The number of hydrogen-bond donors (Lipinski definition) is 2. The first-order chi connectivity index (χ1) is 16.6. The number of nitro groups is 2. The Morgan fingerprint density at radius 1 is 0.943 bits per heavy atom. The van der Waals surface area contributed by atoms with Crippen molar-refractivity contribution in [3.05, 3.63) is 78.9 Å². The first kappa shape index (κ1) is 26.8. The van der Waals surface area contributed by atoms with E-state index in [2.05, 4.69) is 0 Å². The van der Waals surface area contributed by atoms with Crippen molar-refractivity contribution in [3.8, 4) is 0 Å². The van der Waals surface area contributed by atoms with Gasteiger partial charge in [0, 0.05) is 18.6 Å². The summed E-state index contributed by atoms with van der Waals surface area (Å²) in [5.74, 6) is -4.41. The van der Waals surface area contributed by atoms with Gasteiger partial charge in [-0.05, 0) is 18.6 Å². The SMILES string of the molecule is CCCCC(OOCc1c(C(=O)O)cccc1[N+](=O)[O-])OC(=O)c1c(C(=O)O)cccc1[N+](=O)[O-]. The predicted molar refractivity (Wildman–Crippen MR) is 115 cm³/mol. The van der Waals surface area contributed by atoms with Crippen LogP contribution in [0, 0.1) is 20.2 Å². The number of carboxylic acid groups (broad SMARTS) is 2. The van der Waals surface area contributed by atoms with E-state index in [1.54, 1.807) is 6.92 Å². The maximum atomic E-state index is 12.7. The van der Waals surface area contributed by atoms with E-state index < -0.39 is 68.7 Å². The fraction of sp³-hybridized carbons (Fsp3) is 0.286. The molecule has 0 fully saturated rings. The molecule has 186 valence electrons. The predicted octanol–water partition coefficient (Wildman–Crippen LogP) is 3.72. The first-order valence-electron chi connectivity index (χ1n) is 10.1. The highest BCUT2D eigenvalue weighted by Crippen LogP contribution is 2.26. The van der Waals surface area contributed by atoms with Gasteiger partial charge in [-0.2, -0.15) is 4.89 Å². The largest absolute Gasteiger partial charge is 0.478 e. The Morgan fingerprint density at radius 2 is 1.51 bits per heavy atom. The molecule has 2 rings (SSSR count). The second-order valence-corrected chi connectivity index (χ2v) is 6.96. The average Bonchev–Trinajstić information content (AvgIpc) is 2.81. The molecule has 14 nitrogen and oxygen atoms in total. The molecule has 2 N–H and O–H groups in total. The van der Waals surface area contributed by atoms with Crippen molar-refractivity contribution >= 4 is 29.3 Å². The summed E-state index contributed by atoms with van der Waals surface area (Å²) >= 11 is 0. The molecule has 0 aliphatic heterocycles. The van der Waals surface area contributed by atoms with Crippen molar-refractivity contribution < 1.29 is 49.0 Å². The molecular weight excluding hydrogens is 472 g/mol. The quantitative estimate of drug-likeness (QED) is 0.135. The van der Waals surface area contributed by atoms with Gasteiger partial charge in [0.25, 0.3) is 11.4 Å². The van der Waals surface area contributed by atoms with Crippen LogP contribution >= 0.6 is 0 Å². The number of benzene rings is 2. The van der Waals surface area contributed by atoms with Crippen LogP contribution < -0.4 is 0 Å². The molecule has 0 aromatic heterocycles. The zero-order valence-corrected chi connectivity index (χ0v) is 18.2. The molecule has 0 bridgehead atoms. The van der Waals surface area contributed by atoms with Crippen molar-refractivity contribution in [3.63, 3.8) is 0 Å². The zero-order chi connectivity index (χ0) is 26.1. The minimum absolute atomic E-state index is 0.0218. The number of esters is 1. The highest BCUT2D eigenvalue weighted by atomic mass is 17.2. The van der Waals surface area contributed by atoms with E-state index in [0.29, 0.717) is 12.8 Å². The van der Waals surface area contributed by atoms with Gasteiger partial charge in [0.05, 0.1) is 26.5 Å². The van der Waals surface area contributed by atoms with E-state index in [-0.39, 0.29) is 12.0 Å². The zero-order valence-electron chi connectivity index (χ0n) is 18.2. The number of rotatable bonds is 13. The van der Waals surface area contributed by atoms with Gasteiger partial charge in [-0.1, -0.05) is 25.5 Å². The molecule has 2 aromatic rings. The van der Waals surface area contributed by atoms with E-state index in [0.717, 1.165) is 30.3 Å². The third kappa shape index (κ3) is 6.78. The molecule has 0 spiro atoms. The van der Waals surface area contributed by atoms with Crippen LogP contribution in [0.4, 0.5) is 11.4 Å². The Kier molecular flexibility index (Phi) is 9.31. The van der Waals surface area contributed by atoms with Crippen molar-refractivity contribution in [2.45, 2.75) is 39.1 Å². The van der Waals surface area contributed by atoms with Crippen LogP contribution in [0.3, 0.4) is 0 Å². The molecule has 0 saturated heterocycles. The number of nitro benzene ring substituents is 2. The lowest BCUT2D eigenvalue weighted by molar-refractivity contribution is -0.393. The number of nitrogens with zero attached hydrogens (tertiary/aromatic N) is 2. The number of carbonyl (C=O) groups excluding carboxylic acids is 1. The van der Waals surface area contributed by atoms with Crippen LogP contribution in [0.1, 0.15) is 62.8 Å². The molecule has 1 unspecified atom stereocenters. The standard InChI is InChI=1S/C21H20N2O12/c1-2-3-10-17(34-21(28)18-13(20(26)27)7-5-9-16(18)23(31)32)35-33-11-14-12(19(24)25)6-4-8-15(14)22(29)30/h4-9,17H,2-3,10-11H2,1H3,(H,24,25)(H,26,27). The third-order valence-electron chi connectivity index (χ3n) is 4.66. The second-order valence-electron chi connectivity index (χ2n) is 6.96. The Morgan fingerprint density at radius 3 is 2.06 bits per heavy atom. The molecule has 2 aromatic carbocycles. The monoisotopic (exact) mass is 492 g/mol. The number of unbranched alkanes of at least 4 members (excludes halogenated alkanes) is 1. The molecule has 0 saturated carbocycles. The summed E-state index contributed by atoms with van der Waals surface area (Å²) in [6, 6.07) is 6.41. The van der Waals surface area contributed by atoms with Gasteiger partial charge in [-0.3, -0.25) is 20.2 Å². The molecule has 1 atom stereocenters. The lowest BCUT2D eigenvalue weighted by Gasteiger charge is -2.18. The lowest BCUT2D eigenvalue weighted by atomic mass is 10.1. The maximum Gasteiger partial charge on any atom is 0.348 e. The molecule has 0 aliphatic rings. The van der Waals surface area contributed by atoms with Gasteiger partial charge in [0.15, 0.2) is 5.56 Å². The number of carbonyl (C=O) groups is 3. The van der Waals surface area contributed by atoms with E-state index in [1.807, 2.05) is 0 Å². The highest BCUT2D eigenvalue weighted by molar-refractivity contribution is 6.05. The van der Waals surface area contributed by atoms with Crippen LogP contribution in [0.2, 0.25) is 0 Å². The van der Waals surface area contributed by atoms with Gasteiger partial charge in [0.1, 0.15) is 6.61 Å². The fourth-order valence-corrected chi connectivity index (χ4v) is 3.03. The maximum absolute atomic E-state index is 12.7. The summed E-state index contributed by atoms with van der Waals surface area (Å²) in [7, 11) is 0. The molecule has 0 amide bonds. The molecule has 0 aliphatic carbocycles. The summed E-state index contributed by atoms with van der Waals surface area (Å²) in [6.45, 7) is 1.10. The van der Waals surface area contributed by atoms with Crippen LogP contribution in [-0.2, 0) is 21.1 Å². The second kappa shape index (κ2) is 12.2.